The number of rotatable bonds is 13. The topological polar surface area (TPSA) is 30.9 Å². The number of hydrogen-bond donors (Lipinski definition) is 0. The van der Waals surface area contributed by atoms with Crippen molar-refractivity contribution in [1.82, 2.24) is 4.90 Å². The molecule has 1 fully saturated rings. The van der Waals surface area contributed by atoms with Crippen LogP contribution in [0.3, 0.4) is 0 Å². The first kappa shape index (κ1) is 17.2. The predicted molar refractivity (Wildman–Crippen MR) is 78.0 cm³/mol. The van der Waals surface area contributed by atoms with Gasteiger partial charge in [0.05, 0.1) is 33.0 Å². The van der Waals surface area contributed by atoms with Crippen molar-refractivity contribution in [2.24, 2.45) is 5.92 Å². The molecule has 0 spiro atoms. The summed E-state index contributed by atoms with van der Waals surface area (Å²) in [6.07, 6.45) is 2.31. The zero-order valence-electron chi connectivity index (χ0n) is 12.1. The molecule has 0 aromatic heterocycles. The van der Waals surface area contributed by atoms with E-state index in [1.54, 1.807) is 0 Å². The molecule has 0 amide bonds. The molecule has 5 heteroatoms. The number of alkyl halides is 1. The van der Waals surface area contributed by atoms with E-state index in [0.717, 1.165) is 45.1 Å². The SMILES string of the molecule is CCCCOCCOCCOCCN1CC(CCl)C1. The third-order valence-electron chi connectivity index (χ3n) is 3.19. The average Bonchev–Trinajstić information content (AvgIpc) is 2.38. The van der Waals surface area contributed by atoms with Gasteiger partial charge in [0.15, 0.2) is 0 Å². The molecule has 1 aliphatic heterocycles. The predicted octanol–water partition coefficient (Wildman–Crippen LogP) is 2.01. The van der Waals surface area contributed by atoms with Crippen molar-refractivity contribution in [3.05, 3.63) is 0 Å². The number of unbranched alkanes of at least 4 members (excludes halogenated alkanes) is 1. The van der Waals surface area contributed by atoms with Gasteiger partial charge in [-0.3, -0.25) is 0 Å². The Morgan fingerprint density at radius 3 is 2.11 bits per heavy atom. The highest BCUT2D eigenvalue weighted by Gasteiger charge is 2.24. The summed E-state index contributed by atoms with van der Waals surface area (Å²) in [7, 11) is 0. The number of nitrogens with zero attached hydrogens (tertiary/aromatic N) is 1. The zero-order valence-corrected chi connectivity index (χ0v) is 12.9. The van der Waals surface area contributed by atoms with Crippen molar-refractivity contribution in [2.75, 3.05) is 65.2 Å². The highest BCUT2D eigenvalue weighted by molar-refractivity contribution is 6.18. The molecule has 0 unspecified atom stereocenters. The van der Waals surface area contributed by atoms with E-state index in [1.807, 2.05) is 0 Å². The van der Waals surface area contributed by atoms with Gasteiger partial charge < -0.3 is 19.1 Å². The Morgan fingerprint density at radius 2 is 1.53 bits per heavy atom. The molecule has 1 aliphatic rings. The molecule has 0 bridgehead atoms. The molecule has 0 aromatic carbocycles. The Kier molecular flexibility index (Phi) is 10.8. The summed E-state index contributed by atoms with van der Waals surface area (Å²) < 4.78 is 16.3. The minimum absolute atomic E-state index is 0.654. The summed E-state index contributed by atoms with van der Waals surface area (Å²) in [6.45, 7) is 9.71. The molecule has 0 atom stereocenters. The smallest absolute Gasteiger partial charge is 0.0701 e. The first-order valence-electron chi connectivity index (χ1n) is 7.38. The Morgan fingerprint density at radius 1 is 0.947 bits per heavy atom. The molecule has 0 aromatic rings. The number of halogens is 1. The molecule has 0 radical (unpaired) electrons. The Bertz CT molecular complexity index is 201. The lowest BCUT2D eigenvalue weighted by molar-refractivity contribution is 0.00286. The third-order valence-corrected chi connectivity index (χ3v) is 3.63. The molecule has 4 nitrogen and oxygen atoms in total. The second kappa shape index (κ2) is 11.9. The van der Waals surface area contributed by atoms with Crippen LogP contribution < -0.4 is 0 Å². The van der Waals surface area contributed by atoms with Gasteiger partial charge in [-0.1, -0.05) is 13.3 Å². The van der Waals surface area contributed by atoms with Crippen LogP contribution in [0.2, 0.25) is 0 Å². The monoisotopic (exact) mass is 293 g/mol. The highest BCUT2D eigenvalue weighted by Crippen LogP contribution is 2.15. The van der Waals surface area contributed by atoms with E-state index in [-0.39, 0.29) is 0 Å². The van der Waals surface area contributed by atoms with Gasteiger partial charge in [0.25, 0.3) is 0 Å². The maximum Gasteiger partial charge on any atom is 0.0701 e. The quantitative estimate of drug-likeness (QED) is 0.384. The van der Waals surface area contributed by atoms with Gasteiger partial charge in [0.1, 0.15) is 0 Å². The van der Waals surface area contributed by atoms with E-state index in [1.165, 1.54) is 6.42 Å². The van der Waals surface area contributed by atoms with Crippen LogP contribution in [0.25, 0.3) is 0 Å². The first-order chi connectivity index (χ1) is 9.36. The van der Waals surface area contributed by atoms with Gasteiger partial charge in [0, 0.05) is 32.1 Å². The summed E-state index contributed by atoms with van der Waals surface area (Å²) in [5.41, 5.74) is 0. The fourth-order valence-electron chi connectivity index (χ4n) is 1.94. The van der Waals surface area contributed by atoms with Gasteiger partial charge in [0.2, 0.25) is 0 Å². The molecule has 0 aliphatic carbocycles. The van der Waals surface area contributed by atoms with Crippen LogP contribution in [-0.2, 0) is 14.2 Å². The van der Waals surface area contributed by atoms with Crippen LogP contribution in [0.1, 0.15) is 19.8 Å². The summed E-state index contributed by atoms with van der Waals surface area (Å²) in [5, 5.41) is 0. The first-order valence-corrected chi connectivity index (χ1v) is 7.91. The lowest BCUT2D eigenvalue weighted by Gasteiger charge is -2.38. The van der Waals surface area contributed by atoms with Gasteiger partial charge in [-0.25, -0.2) is 0 Å². The van der Waals surface area contributed by atoms with Crippen molar-refractivity contribution in [2.45, 2.75) is 19.8 Å². The summed E-state index contributed by atoms with van der Waals surface area (Å²) in [6, 6.07) is 0. The van der Waals surface area contributed by atoms with Crippen molar-refractivity contribution in [1.29, 1.82) is 0 Å². The fourth-order valence-corrected chi connectivity index (χ4v) is 2.13. The minimum atomic E-state index is 0.654. The maximum atomic E-state index is 5.76. The average molecular weight is 294 g/mol. The summed E-state index contributed by atoms with van der Waals surface area (Å²) >= 11 is 5.76. The van der Waals surface area contributed by atoms with Gasteiger partial charge in [-0.15, -0.1) is 11.6 Å². The van der Waals surface area contributed by atoms with Gasteiger partial charge >= 0.3 is 0 Å². The molecule has 0 N–H and O–H groups in total. The molecule has 19 heavy (non-hydrogen) atoms. The standard InChI is InChI=1S/C14H28ClNO3/c1-2-3-5-17-7-9-19-10-8-18-6-4-16-12-14(11-15)13-16/h14H,2-13H2,1H3. The van der Waals surface area contributed by atoms with E-state index in [4.69, 9.17) is 25.8 Å². The highest BCUT2D eigenvalue weighted by atomic mass is 35.5. The molecular weight excluding hydrogens is 266 g/mol. The molecule has 0 saturated carbocycles. The Hall–Kier alpha value is 0.130. The second-order valence-electron chi connectivity index (χ2n) is 4.97. The van der Waals surface area contributed by atoms with Crippen LogP contribution in [-0.4, -0.2) is 70.1 Å². The van der Waals surface area contributed by atoms with E-state index in [2.05, 4.69) is 11.8 Å². The molecule has 1 rings (SSSR count). The second-order valence-corrected chi connectivity index (χ2v) is 5.28. The van der Waals surface area contributed by atoms with Crippen LogP contribution in [0, 0.1) is 5.92 Å². The molecule has 1 saturated heterocycles. The zero-order chi connectivity index (χ0) is 13.8. The minimum Gasteiger partial charge on any atom is -0.379 e. The Balaban J connectivity index is 1.68. The van der Waals surface area contributed by atoms with Gasteiger partial charge in [-0.05, 0) is 12.3 Å². The van der Waals surface area contributed by atoms with E-state index < -0.39 is 0 Å². The van der Waals surface area contributed by atoms with Crippen molar-refractivity contribution < 1.29 is 14.2 Å². The summed E-state index contributed by atoms with van der Waals surface area (Å²) in [5.74, 6) is 1.48. The summed E-state index contributed by atoms with van der Waals surface area (Å²) in [4.78, 5) is 2.37. The van der Waals surface area contributed by atoms with E-state index in [9.17, 15) is 0 Å². The third kappa shape index (κ3) is 8.82. The van der Waals surface area contributed by atoms with Crippen LogP contribution in [0.4, 0.5) is 0 Å². The van der Waals surface area contributed by atoms with Crippen LogP contribution >= 0.6 is 11.6 Å². The lowest BCUT2D eigenvalue weighted by atomic mass is 10.0. The fraction of sp³-hybridized carbons (Fsp3) is 1.00. The lowest BCUT2D eigenvalue weighted by Crippen LogP contribution is -2.48. The van der Waals surface area contributed by atoms with Crippen LogP contribution in [0.15, 0.2) is 0 Å². The number of likely N-dealkylation sites (tertiary alicyclic amines) is 1. The van der Waals surface area contributed by atoms with Crippen molar-refractivity contribution in [3.8, 4) is 0 Å². The molecule has 1 heterocycles. The Labute approximate surface area is 122 Å². The number of hydrogen-bond acceptors (Lipinski definition) is 4. The van der Waals surface area contributed by atoms with Crippen molar-refractivity contribution >= 4 is 11.6 Å². The van der Waals surface area contributed by atoms with Crippen LogP contribution in [0.5, 0.6) is 0 Å². The van der Waals surface area contributed by atoms with Crippen molar-refractivity contribution in [3.63, 3.8) is 0 Å². The van der Waals surface area contributed by atoms with Gasteiger partial charge in [-0.2, -0.15) is 0 Å². The van der Waals surface area contributed by atoms with E-state index in [0.29, 0.717) is 32.3 Å². The van der Waals surface area contributed by atoms with E-state index >= 15 is 0 Å². The molecular formula is C14H28ClNO3. The number of ether oxygens (including phenoxy) is 3. The maximum absolute atomic E-state index is 5.76. The normalized spacial score (nSPS) is 16.7. The molecule has 114 valence electrons. The largest absolute Gasteiger partial charge is 0.379 e.